The number of benzene rings is 1. The summed E-state index contributed by atoms with van der Waals surface area (Å²) in [5.74, 6) is 0.156. The molecule has 0 saturated carbocycles. The molecular weight excluding hydrogens is 361 g/mol. The minimum Gasteiger partial charge on any atom is -0.371 e. The summed E-state index contributed by atoms with van der Waals surface area (Å²) in [4.78, 5) is 16.1. The van der Waals surface area contributed by atoms with E-state index < -0.39 is 0 Å². The van der Waals surface area contributed by atoms with E-state index in [0.717, 1.165) is 31.7 Å². The molecule has 140 valence electrons. The third-order valence-electron chi connectivity index (χ3n) is 5.00. The van der Waals surface area contributed by atoms with Crippen molar-refractivity contribution in [1.29, 1.82) is 0 Å². The summed E-state index contributed by atoms with van der Waals surface area (Å²) in [5, 5.41) is 5.13. The van der Waals surface area contributed by atoms with Gasteiger partial charge in [0.1, 0.15) is 11.5 Å². The summed E-state index contributed by atoms with van der Waals surface area (Å²) in [6.07, 6.45) is 2.97. The van der Waals surface area contributed by atoms with Crippen LogP contribution in [0.25, 0.3) is 0 Å². The highest BCUT2D eigenvalue weighted by Gasteiger charge is 2.23. The Morgan fingerprint density at radius 3 is 2.81 bits per heavy atom. The van der Waals surface area contributed by atoms with Crippen molar-refractivity contribution in [2.75, 3.05) is 24.5 Å². The van der Waals surface area contributed by atoms with Gasteiger partial charge in [-0.15, -0.1) is 11.3 Å². The average molecular weight is 383 g/mol. The maximum absolute atomic E-state index is 13.1. The summed E-state index contributed by atoms with van der Waals surface area (Å²) in [6.45, 7) is 3.18. The normalized spacial score (nSPS) is 16.6. The van der Waals surface area contributed by atoms with E-state index in [4.69, 9.17) is 0 Å². The number of nitrogens with zero attached hydrogens (tertiary/aromatic N) is 2. The highest BCUT2D eigenvalue weighted by atomic mass is 32.1. The molecule has 1 N–H and O–H groups in total. The topological polar surface area (TPSA) is 37.3 Å². The number of anilines is 1. The van der Waals surface area contributed by atoms with Crippen LogP contribution in [0.15, 0.2) is 60.1 Å². The van der Waals surface area contributed by atoms with E-state index >= 15 is 0 Å². The number of aromatic nitrogens is 1. The zero-order valence-electron chi connectivity index (χ0n) is 15.0. The van der Waals surface area contributed by atoms with Gasteiger partial charge >= 0.3 is 0 Å². The van der Waals surface area contributed by atoms with Crippen molar-refractivity contribution >= 4 is 22.9 Å². The van der Waals surface area contributed by atoms with E-state index in [9.17, 15) is 9.18 Å². The Kier molecular flexibility index (Phi) is 5.25. The number of thiophene rings is 1. The second kappa shape index (κ2) is 7.96. The number of carbonyl (C=O) groups is 1. The summed E-state index contributed by atoms with van der Waals surface area (Å²) >= 11 is 1.69. The smallest absolute Gasteiger partial charge is 0.267 e. The van der Waals surface area contributed by atoms with Gasteiger partial charge < -0.3 is 14.8 Å². The first-order valence-electron chi connectivity index (χ1n) is 9.15. The quantitative estimate of drug-likeness (QED) is 0.699. The van der Waals surface area contributed by atoms with E-state index in [2.05, 4.69) is 16.3 Å². The van der Waals surface area contributed by atoms with Gasteiger partial charge in [0, 0.05) is 36.4 Å². The first-order valence-corrected chi connectivity index (χ1v) is 10.0. The Balaban J connectivity index is 1.31. The lowest BCUT2D eigenvalue weighted by atomic mass is 10.1. The first-order chi connectivity index (χ1) is 13.2. The van der Waals surface area contributed by atoms with Crippen LogP contribution in [0.3, 0.4) is 0 Å². The van der Waals surface area contributed by atoms with E-state index in [-0.39, 0.29) is 11.7 Å². The van der Waals surface area contributed by atoms with E-state index in [1.807, 2.05) is 46.5 Å². The van der Waals surface area contributed by atoms with Gasteiger partial charge in [-0.05, 0) is 60.2 Å². The molecule has 0 radical (unpaired) electrons. The fourth-order valence-corrected chi connectivity index (χ4v) is 4.24. The number of nitrogens with one attached hydrogen (secondary N) is 1. The number of amides is 1. The summed E-state index contributed by atoms with van der Waals surface area (Å²) < 4.78 is 15.1. The molecule has 2 aromatic heterocycles. The van der Waals surface area contributed by atoms with E-state index in [1.54, 1.807) is 11.3 Å². The van der Waals surface area contributed by atoms with Gasteiger partial charge in [-0.1, -0.05) is 6.07 Å². The lowest BCUT2D eigenvalue weighted by Crippen LogP contribution is -2.32. The predicted molar refractivity (Wildman–Crippen MR) is 107 cm³/mol. The zero-order chi connectivity index (χ0) is 18.6. The van der Waals surface area contributed by atoms with Gasteiger partial charge in [-0.2, -0.15) is 0 Å². The highest BCUT2D eigenvalue weighted by Crippen LogP contribution is 2.23. The lowest BCUT2D eigenvalue weighted by Gasteiger charge is -2.19. The SMILES string of the molecule is O=C(NCC1CCN(c2ccc(F)cc2)C1)c1cccn1Cc1cccs1. The zero-order valence-corrected chi connectivity index (χ0v) is 15.8. The molecular formula is C21H22FN3OS. The largest absolute Gasteiger partial charge is 0.371 e. The molecule has 27 heavy (non-hydrogen) atoms. The standard InChI is InChI=1S/C21H22FN3OS/c22-17-5-7-18(8-6-17)24-11-9-16(14-24)13-23-21(26)20-4-1-10-25(20)15-19-3-2-12-27-19/h1-8,10,12,16H,9,11,13-15H2,(H,23,26). The first kappa shape index (κ1) is 17.8. The van der Waals surface area contributed by atoms with Crippen molar-refractivity contribution in [2.45, 2.75) is 13.0 Å². The Morgan fingerprint density at radius 1 is 1.19 bits per heavy atom. The van der Waals surface area contributed by atoms with Crippen LogP contribution in [0, 0.1) is 11.7 Å². The molecule has 6 heteroatoms. The van der Waals surface area contributed by atoms with Crippen molar-refractivity contribution in [2.24, 2.45) is 5.92 Å². The molecule has 1 unspecified atom stereocenters. The minimum absolute atomic E-state index is 0.0308. The molecule has 3 heterocycles. The van der Waals surface area contributed by atoms with Crippen LogP contribution in [0.4, 0.5) is 10.1 Å². The fraction of sp³-hybridized carbons (Fsp3) is 0.286. The molecule has 4 rings (SSSR count). The predicted octanol–water partition coefficient (Wildman–Crippen LogP) is 3.99. The second-order valence-electron chi connectivity index (χ2n) is 6.89. The summed E-state index contributed by atoms with van der Waals surface area (Å²) in [7, 11) is 0. The fourth-order valence-electron chi connectivity index (χ4n) is 3.54. The Labute approximate surface area is 162 Å². The molecule has 1 aliphatic heterocycles. The van der Waals surface area contributed by atoms with Crippen molar-refractivity contribution < 1.29 is 9.18 Å². The van der Waals surface area contributed by atoms with Gasteiger partial charge in [0.15, 0.2) is 0 Å². The van der Waals surface area contributed by atoms with Crippen LogP contribution < -0.4 is 10.2 Å². The summed E-state index contributed by atoms with van der Waals surface area (Å²) in [5.41, 5.74) is 1.73. The number of rotatable bonds is 6. The molecule has 0 spiro atoms. The van der Waals surface area contributed by atoms with Crippen LogP contribution in [0.1, 0.15) is 21.8 Å². The van der Waals surface area contributed by atoms with Crippen molar-refractivity contribution in [1.82, 2.24) is 9.88 Å². The Morgan fingerprint density at radius 2 is 2.04 bits per heavy atom. The molecule has 0 aliphatic carbocycles. The molecule has 4 nitrogen and oxygen atoms in total. The summed E-state index contributed by atoms with van der Waals surface area (Å²) in [6, 6.07) is 14.5. The van der Waals surface area contributed by atoms with Crippen molar-refractivity contribution in [3.05, 3.63) is 76.5 Å². The number of hydrogen-bond donors (Lipinski definition) is 1. The molecule has 1 saturated heterocycles. The molecule has 1 aliphatic rings. The van der Waals surface area contributed by atoms with Gasteiger partial charge in [0.2, 0.25) is 0 Å². The monoisotopic (exact) mass is 383 g/mol. The van der Waals surface area contributed by atoms with Crippen LogP contribution in [-0.2, 0) is 6.54 Å². The highest BCUT2D eigenvalue weighted by molar-refractivity contribution is 7.09. The van der Waals surface area contributed by atoms with Gasteiger partial charge in [0.25, 0.3) is 5.91 Å². The third-order valence-corrected chi connectivity index (χ3v) is 5.86. The molecule has 1 amide bonds. The molecule has 1 fully saturated rings. The number of carbonyl (C=O) groups excluding carboxylic acids is 1. The third kappa shape index (κ3) is 4.22. The maximum Gasteiger partial charge on any atom is 0.267 e. The molecule has 0 bridgehead atoms. The number of hydrogen-bond acceptors (Lipinski definition) is 3. The van der Waals surface area contributed by atoms with Crippen molar-refractivity contribution in [3.63, 3.8) is 0 Å². The van der Waals surface area contributed by atoms with Gasteiger partial charge in [0.05, 0.1) is 6.54 Å². The van der Waals surface area contributed by atoms with E-state index in [1.165, 1.54) is 17.0 Å². The Bertz CT molecular complexity index is 889. The van der Waals surface area contributed by atoms with Gasteiger partial charge in [-0.3, -0.25) is 4.79 Å². The van der Waals surface area contributed by atoms with Crippen LogP contribution >= 0.6 is 11.3 Å². The minimum atomic E-state index is -0.215. The van der Waals surface area contributed by atoms with E-state index in [0.29, 0.717) is 18.2 Å². The Hall–Kier alpha value is -2.60. The molecule has 3 aromatic rings. The van der Waals surface area contributed by atoms with Crippen LogP contribution in [-0.4, -0.2) is 30.1 Å². The van der Waals surface area contributed by atoms with Crippen LogP contribution in [0.5, 0.6) is 0 Å². The average Bonchev–Trinajstić information content (AvgIpc) is 3.43. The van der Waals surface area contributed by atoms with Crippen molar-refractivity contribution in [3.8, 4) is 0 Å². The maximum atomic E-state index is 13.1. The second-order valence-corrected chi connectivity index (χ2v) is 7.92. The molecule has 1 aromatic carbocycles. The van der Waals surface area contributed by atoms with Gasteiger partial charge in [-0.25, -0.2) is 4.39 Å². The molecule has 1 atom stereocenters. The number of halogens is 1. The lowest BCUT2D eigenvalue weighted by molar-refractivity contribution is 0.0939. The van der Waals surface area contributed by atoms with Crippen LogP contribution in [0.2, 0.25) is 0 Å².